The number of pyridine rings is 1. The van der Waals surface area contributed by atoms with E-state index >= 15 is 0 Å². The van der Waals surface area contributed by atoms with Crippen LogP contribution < -0.4 is 10.6 Å². The van der Waals surface area contributed by atoms with E-state index in [9.17, 15) is 9.59 Å². The molecule has 2 aromatic rings. The van der Waals surface area contributed by atoms with Crippen LogP contribution in [-0.4, -0.2) is 50.7 Å². The van der Waals surface area contributed by atoms with Crippen molar-refractivity contribution in [3.8, 4) is 11.1 Å². The van der Waals surface area contributed by atoms with Crippen LogP contribution in [0.1, 0.15) is 52.1 Å². The average Bonchev–Trinajstić information content (AvgIpc) is 3.27. The molecule has 1 spiro atoms. The summed E-state index contributed by atoms with van der Waals surface area (Å²) >= 11 is 6.49. The van der Waals surface area contributed by atoms with Crippen molar-refractivity contribution in [2.75, 3.05) is 18.4 Å². The van der Waals surface area contributed by atoms with Gasteiger partial charge < -0.3 is 10.2 Å². The second-order valence-electron chi connectivity index (χ2n) is 10.6. The minimum Gasteiger partial charge on any atom is -0.343 e. The highest BCUT2D eigenvalue weighted by Gasteiger charge is 2.49. The first-order chi connectivity index (χ1) is 15.7. The first-order valence-electron chi connectivity index (χ1n) is 11.7. The Kier molecular flexibility index (Phi) is 5.39. The minimum absolute atomic E-state index is 0.105. The van der Waals surface area contributed by atoms with Gasteiger partial charge in [-0.15, -0.1) is 0 Å². The standard InChI is InChI=1S/C24H31ClN6O2/c1-15(32)30-8-6-24(7-9-30)5-4-20(24)28-22(33)29-21-10-16(18(25)13-26-21)17-12-27-31-14-23(2,3)11-19(17)31/h10,12-13,20H,4-9,11,14H2,1-3H3,(H2,26,28,29,33). The molecule has 2 aliphatic heterocycles. The van der Waals surface area contributed by atoms with E-state index in [4.69, 9.17) is 11.6 Å². The number of hydrogen-bond acceptors (Lipinski definition) is 4. The first-order valence-corrected chi connectivity index (χ1v) is 12.1. The number of carbonyl (C=O) groups is 2. The molecule has 1 aliphatic carbocycles. The number of urea groups is 1. The van der Waals surface area contributed by atoms with Gasteiger partial charge in [-0.05, 0) is 49.0 Å². The maximum atomic E-state index is 12.8. The van der Waals surface area contributed by atoms with Gasteiger partial charge in [0.25, 0.3) is 0 Å². The topological polar surface area (TPSA) is 92.2 Å². The molecule has 1 saturated heterocycles. The Morgan fingerprint density at radius 3 is 2.58 bits per heavy atom. The molecule has 2 aromatic heterocycles. The second kappa shape index (κ2) is 8.01. The first kappa shape index (κ1) is 22.2. The highest BCUT2D eigenvalue weighted by molar-refractivity contribution is 6.33. The summed E-state index contributed by atoms with van der Waals surface area (Å²) in [7, 11) is 0. The number of likely N-dealkylation sites (tertiary alicyclic amines) is 1. The molecule has 3 amide bonds. The number of aromatic nitrogens is 3. The lowest BCUT2D eigenvalue weighted by atomic mass is 9.59. The molecular formula is C24H31ClN6O2. The van der Waals surface area contributed by atoms with Gasteiger partial charge in [-0.3, -0.25) is 14.8 Å². The van der Waals surface area contributed by atoms with Gasteiger partial charge in [-0.2, -0.15) is 5.10 Å². The van der Waals surface area contributed by atoms with Gasteiger partial charge >= 0.3 is 6.03 Å². The Morgan fingerprint density at radius 1 is 1.15 bits per heavy atom. The number of anilines is 1. The molecule has 5 rings (SSSR count). The van der Waals surface area contributed by atoms with Crippen LogP contribution in [0.3, 0.4) is 0 Å². The third-order valence-electron chi connectivity index (χ3n) is 7.74. The lowest BCUT2D eigenvalue weighted by Gasteiger charge is -2.53. The summed E-state index contributed by atoms with van der Waals surface area (Å²) in [6.07, 6.45) is 8.28. The number of fused-ring (bicyclic) bond motifs is 1. The van der Waals surface area contributed by atoms with Gasteiger partial charge in [-0.1, -0.05) is 25.4 Å². The number of amides is 3. The molecule has 2 N–H and O–H groups in total. The summed E-state index contributed by atoms with van der Waals surface area (Å²) in [6, 6.07) is 1.70. The number of carbonyl (C=O) groups excluding carboxylic acids is 2. The van der Waals surface area contributed by atoms with Crippen molar-refractivity contribution in [1.82, 2.24) is 25.0 Å². The number of hydrogen-bond donors (Lipinski definition) is 2. The highest BCUT2D eigenvalue weighted by Crippen LogP contribution is 2.49. The van der Waals surface area contributed by atoms with Crippen LogP contribution in [0.4, 0.5) is 10.6 Å². The number of rotatable bonds is 3. The minimum atomic E-state index is -0.254. The molecule has 0 radical (unpaired) electrons. The van der Waals surface area contributed by atoms with Crippen molar-refractivity contribution >= 4 is 29.4 Å². The predicted octanol–water partition coefficient (Wildman–Crippen LogP) is 4.09. The Hall–Kier alpha value is -2.61. The maximum Gasteiger partial charge on any atom is 0.320 e. The van der Waals surface area contributed by atoms with Crippen molar-refractivity contribution in [2.24, 2.45) is 10.8 Å². The van der Waals surface area contributed by atoms with Crippen molar-refractivity contribution in [3.63, 3.8) is 0 Å². The number of nitrogens with zero attached hydrogens (tertiary/aromatic N) is 4. The molecule has 33 heavy (non-hydrogen) atoms. The molecule has 9 heteroatoms. The molecule has 2 fully saturated rings. The molecule has 1 saturated carbocycles. The third-order valence-corrected chi connectivity index (χ3v) is 8.04. The Morgan fingerprint density at radius 2 is 1.91 bits per heavy atom. The summed E-state index contributed by atoms with van der Waals surface area (Å²) in [5.41, 5.74) is 3.26. The van der Waals surface area contributed by atoms with Crippen LogP contribution in [0.25, 0.3) is 11.1 Å². The van der Waals surface area contributed by atoms with E-state index in [1.54, 1.807) is 13.1 Å². The molecular weight excluding hydrogens is 440 g/mol. The Balaban J connectivity index is 1.26. The molecule has 1 atom stereocenters. The molecule has 3 aliphatic rings. The summed E-state index contributed by atoms with van der Waals surface area (Å²) in [5.74, 6) is 0.590. The molecule has 0 bridgehead atoms. The normalized spacial score (nSPS) is 22.5. The lowest BCUT2D eigenvalue weighted by molar-refractivity contribution is -0.132. The van der Waals surface area contributed by atoms with E-state index < -0.39 is 0 Å². The smallest absolute Gasteiger partial charge is 0.320 e. The summed E-state index contributed by atoms with van der Waals surface area (Å²) < 4.78 is 2.04. The molecule has 176 valence electrons. The number of nitrogens with one attached hydrogen (secondary N) is 2. The maximum absolute atomic E-state index is 12.8. The van der Waals surface area contributed by atoms with E-state index in [1.807, 2.05) is 21.8 Å². The van der Waals surface area contributed by atoms with E-state index in [-0.39, 0.29) is 28.8 Å². The zero-order valence-corrected chi connectivity index (χ0v) is 20.2. The second-order valence-corrected chi connectivity index (χ2v) is 11.0. The van der Waals surface area contributed by atoms with Crippen molar-refractivity contribution in [3.05, 3.63) is 29.2 Å². The molecule has 0 aromatic carbocycles. The van der Waals surface area contributed by atoms with Crippen LogP contribution in [0.2, 0.25) is 5.02 Å². The fourth-order valence-electron chi connectivity index (χ4n) is 5.68. The molecule has 8 nitrogen and oxygen atoms in total. The van der Waals surface area contributed by atoms with Gasteiger partial charge in [0, 0.05) is 55.6 Å². The van der Waals surface area contributed by atoms with Crippen LogP contribution in [0, 0.1) is 10.8 Å². The predicted molar refractivity (Wildman–Crippen MR) is 127 cm³/mol. The van der Waals surface area contributed by atoms with E-state index in [0.717, 1.165) is 68.6 Å². The van der Waals surface area contributed by atoms with Crippen LogP contribution >= 0.6 is 11.6 Å². The van der Waals surface area contributed by atoms with Gasteiger partial charge in [0.1, 0.15) is 5.82 Å². The van der Waals surface area contributed by atoms with Crippen LogP contribution in [0.5, 0.6) is 0 Å². The Labute approximate surface area is 199 Å². The zero-order valence-electron chi connectivity index (χ0n) is 19.4. The van der Waals surface area contributed by atoms with Gasteiger partial charge in [0.15, 0.2) is 0 Å². The van der Waals surface area contributed by atoms with Gasteiger partial charge in [0.05, 0.1) is 11.2 Å². The zero-order chi connectivity index (χ0) is 23.4. The van der Waals surface area contributed by atoms with Crippen LogP contribution in [-0.2, 0) is 17.8 Å². The van der Waals surface area contributed by atoms with E-state index in [0.29, 0.717) is 10.8 Å². The fourth-order valence-corrected chi connectivity index (χ4v) is 5.89. The van der Waals surface area contributed by atoms with Crippen LogP contribution in [0.15, 0.2) is 18.5 Å². The number of piperidine rings is 1. The average molecular weight is 471 g/mol. The molecule has 1 unspecified atom stereocenters. The Bertz CT molecular complexity index is 1100. The summed E-state index contributed by atoms with van der Waals surface area (Å²) in [6.45, 7) is 8.50. The summed E-state index contributed by atoms with van der Waals surface area (Å²) in [5, 5.41) is 11.1. The monoisotopic (exact) mass is 470 g/mol. The van der Waals surface area contributed by atoms with Crippen molar-refractivity contribution < 1.29 is 9.59 Å². The highest BCUT2D eigenvalue weighted by atomic mass is 35.5. The van der Waals surface area contributed by atoms with Gasteiger partial charge in [0.2, 0.25) is 5.91 Å². The van der Waals surface area contributed by atoms with E-state index in [1.165, 1.54) is 0 Å². The SMILES string of the molecule is CC(=O)N1CCC2(CCC2NC(=O)Nc2cc(-c3cnn4c3CC(C)(C)C4)c(Cl)cn2)CC1. The van der Waals surface area contributed by atoms with Gasteiger partial charge in [-0.25, -0.2) is 9.78 Å². The third kappa shape index (κ3) is 4.09. The largest absolute Gasteiger partial charge is 0.343 e. The van der Waals surface area contributed by atoms with E-state index in [2.05, 4.69) is 34.6 Å². The van der Waals surface area contributed by atoms with Crippen molar-refractivity contribution in [2.45, 2.75) is 65.5 Å². The number of halogens is 1. The summed E-state index contributed by atoms with van der Waals surface area (Å²) in [4.78, 5) is 30.6. The quantitative estimate of drug-likeness (QED) is 0.706. The van der Waals surface area contributed by atoms with Crippen molar-refractivity contribution in [1.29, 1.82) is 0 Å². The molecule has 4 heterocycles. The fraction of sp³-hybridized carbons (Fsp3) is 0.583. The lowest BCUT2D eigenvalue weighted by Crippen LogP contribution is -2.60.